The molecule has 0 aliphatic carbocycles. The highest BCUT2D eigenvalue weighted by molar-refractivity contribution is 14.1. The molecule has 0 aromatic heterocycles. The van der Waals surface area contributed by atoms with E-state index < -0.39 is 0 Å². The van der Waals surface area contributed by atoms with Crippen LogP contribution in [0.1, 0.15) is 18.4 Å². The van der Waals surface area contributed by atoms with Crippen LogP contribution >= 0.6 is 34.2 Å². The molecule has 1 aromatic rings. The molecule has 0 nitrogen and oxygen atoms in total. The number of hydrogen-bond donors (Lipinski definition) is 0. The van der Waals surface area contributed by atoms with Crippen molar-refractivity contribution in [2.45, 2.75) is 12.8 Å². The van der Waals surface area contributed by atoms with Crippen molar-refractivity contribution >= 4 is 40.3 Å². The summed E-state index contributed by atoms with van der Waals surface area (Å²) < 4.78 is 1.22. The standard InChI is InChI=1S/C11H12ClI/c12-11-7-5-10(6-8-11)4-2-1-3-9-13/h2,4-8H,1,3,9H2/b4-2+. The van der Waals surface area contributed by atoms with E-state index in [1.54, 1.807) is 0 Å². The summed E-state index contributed by atoms with van der Waals surface area (Å²) in [6.45, 7) is 0. The molecule has 13 heavy (non-hydrogen) atoms. The topological polar surface area (TPSA) is 0 Å². The Hall–Kier alpha value is -0.0200. The van der Waals surface area contributed by atoms with Crippen LogP contribution in [0.15, 0.2) is 30.3 Å². The molecule has 0 N–H and O–H groups in total. The van der Waals surface area contributed by atoms with Crippen LogP contribution in [-0.2, 0) is 0 Å². The lowest BCUT2D eigenvalue weighted by atomic mass is 10.2. The molecule has 70 valence electrons. The molecular weight excluding hydrogens is 294 g/mol. The van der Waals surface area contributed by atoms with Gasteiger partial charge in [-0.05, 0) is 35.0 Å². The number of halogens is 2. The van der Waals surface area contributed by atoms with Gasteiger partial charge < -0.3 is 0 Å². The van der Waals surface area contributed by atoms with Crippen molar-refractivity contribution in [2.24, 2.45) is 0 Å². The van der Waals surface area contributed by atoms with Crippen molar-refractivity contribution in [3.8, 4) is 0 Å². The Bertz CT molecular complexity index is 264. The van der Waals surface area contributed by atoms with Gasteiger partial charge in [-0.2, -0.15) is 0 Å². The Balaban J connectivity index is 2.44. The van der Waals surface area contributed by atoms with Gasteiger partial charge in [0.25, 0.3) is 0 Å². The summed E-state index contributed by atoms with van der Waals surface area (Å²) >= 11 is 8.17. The number of hydrogen-bond acceptors (Lipinski definition) is 0. The molecule has 0 saturated carbocycles. The van der Waals surface area contributed by atoms with Crippen LogP contribution in [0.25, 0.3) is 6.08 Å². The van der Waals surface area contributed by atoms with E-state index in [9.17, 15) is 0 Å². The maximum atomic E-state index is 5.77. The fraction of sp³-hybridized carbons (Fsp3) is 0.273. The third-order valence-electron chi connectivity index (χ3n) is 1.68. The summed E-state index contributed by atoms with van der Waals surface area (Å²) in [6.07, 6.45) is 6.76. The fourth-order valence-corrected chi connectivity index (χ4v) is 1.55. The van der Waals surface area contributed by atoms with Crippen molar-refractivity contribution in [3.05, 3.63) is 40.9 Å². The minimum Gasteiger partial charge on any atom is -0.0864 e. The van der Waals surface area contributed by atoms with Gasteiger partial charge in [0.2, 0.25) is 0 Å². The van der Waals surface area contributed by atoms with Crippen LogP contribution in [0.5, 0.6) is 0 Å². The smallest absolute Gasteiger partial charge is 0.0406 e. The first-order chi connectivity index (χ1) is 6.33. The van der Waals surface area contributed by atoms with Gasteiger partial charge in [0.1, 0.15) is 0 Å². The number of allylic oxidation sites excluding steroid dienone is 1. The lowest BCUT2D eigenvalue weighted by Crippen LogP contribution is -1.72. The largest absolute Gasteiger partial charge is 0.0864 e. The van der Waals surface area contributed by atoms with Gasteiger partial charge in [-0.25, -0.2) is 0 Å². The first-order valence-corrected chi connectivity index (χ1v) is 6.21. The van der Waals surface area contributed by atoms with E-state index in [0.717, 1.165) is 11.4 Å². The molecule has 0 bridgehead atoms. The monoisotopic (exact) mass is 306 g/mol. The Morgan fingerprint density at radius 3 is 2.54 bits per heavy atom. The van der Waals surface area contributed by atoms with Crippen LogP contribution in [0.4, 0.5) is 0 Å². The van der Waals surface area contributed by atoms with Crippen molar-refractivity contribution in [1.29, 1.82) is 0 Å². The van der Waals surface area contributed by atoms with Gasteiger partial charge in [0.15, 0.2) is 0 Å². The van der Waals surface area contributed by atoms with Gasteiger partial charge >= 0.3 is 0 Å². The van der Waals surface area contributed by atoms with Crippen LogP contribution in [-0.4, -0.2) is 4.43 Å². The molecule has 0 atom stereocenters. The van der Waals surface area contributed by atoms with Crippen LogP contribution < -0.4 is 0 Å². The summed E-state index contributed by atoms with van der Waals surface area (Å²) in [5, 5.41) is 0.796. The zero-order chi connectivity index (χ0) is 9.52. The van der Waals surface area contributed by atoms with Crippen molar-refractivity contribution < 1.29 is 0 Å². The summed E-state index contributed by atoms with van der Waals surface area (Å²) in [6, 6.07) is 7.89. The second-order valence-electron chi connectivity index (χ2n) is 2.79. The fourth-order valence-electron chi connectivity index (χ4n) is 0.988. The second kappa shape index (κ2) is 6.44. The molecule has 0 aliphatic heterocycles. The first kappa shape index (κ1) is 11.1. The van der Waals surface area contributed by atoms with E-state index in [4.69, 9.17) is 11.6 Å². The quantitative estimate of drug-likeness (QED) is 0.434. The van der Waals surface area contributed by atoms with Crippen molar-refractivity contribution in [3.63, 3.8) is 0 Å². The SMILES string of the molecule is Clc1ccc(/C=C/CCCI)cc1. The predicted molar refractivity (Wildman–Crippen MR) is 68.6 cm³/mol. The third-order valence-corrected chi connectivity index (χ3v) is 2.70. The Morgan fingerprint density at radius 2 is 1.92 bits per heavy atom. The molecule has 1 aromatic carbocycles. The molecule has 0 unspecified atom stereocenters. The highest BCUT2D eigenvalue weighted by atomic mass is 127. The zero-order valence-electron chi connectivity index (χ0n) is 7.34. The van der Waals surface area contributed by atoms with Gasteiger partial charge in [-0.3, -0.25) is 0 Å². The van der Waals surface area contributed by atoms with Crippen LogP contribution in [0, 0.1) is 0 Å². The first-order valence-electron chi connectivity index (χ1n) is 4.31. The maximum Gasteiger partial charge on any atom is 0.0406 e. The molecule has 0 spiro atoms. The molecule has 0 amide bonds. The number of benzene rings is 1. The van der Waals surface area contributed by atoms with E-state index >= 15 is 0 Å². The summed E-state index contributed by atoms with van der Waals surface area (Å²) in [4.78, 5) is 0. The Kier molecular flexibility index (Phi) is 5.47. The van der Waals surface area contributed by atoms with E-state index in [-0.39, 0.29) is 0 Å². The highest BCUT2D eigenvalue weighted by Gasteiger charge is 1.86. The lowest BCUT2D eigenvalue weighted by molar-refractivity contribution is 0.990. The average molecular weight is 307 g/mol. The highest BCUT2D eigenvalue weighted by Crippen LogP contribution is 2.11. The summed E-state index contributed by atoms with van der Waals surface area (Å²) in [5.41, 5.74) is 1.22. The van der Waals surface area contributed by atoms with Crippen LogP contribution in [0.2, 0.25) is 5.02 Å². The van der Waals surface area contributed by atoms with Crippen molar-refractivity contribution in [2.75, 3.05) is 4.43 Å². The zero-order valence-corrected chi connectivity index (χ0v) is 10.3. The minimum atomic E-state index is 0.796. The Morgan fingerprint density at radius 1 is 1.23 bits per heavy atom. The molecule has 0 radical (unpaired) electrons. The third kappa shape index (κ3) is 4.67. The van der Waals surface area contributed by atoms with Gasteiger partial charge in [-0.1, -0.05) is 58.5 Å². The lowest BCUT2D eigenvalue weighted by Gasteiger charge is -1.93. The number of rotatable bonds is 4. The van der Waals surface area contributed by atoms with Gasteiger partial charge in [0, 0.05) is 5.02 Å². The van der Waals surface area contributed by atoms with E-state index in [1.165, 1.54) is 16.4 Å². The molecule has 0 aliphatic rings. The summed E-state index contributed by atoms with van der Waals surface area (Å²) in [5.74, 6) is 0. The van der Waals surface area contributed by atoms with E-state index in [0.29, 0.717) is 0 Å². The second-order valence-corrected chi connectivity index (χ2v) is 4.30. The minimum absolute atomic E-state index is 0.796. The summed E-state index contributed by atoms with van der Waals surface area (Å²) in [7, 11) is 0. The number of unbranched alkanes of at least 4 members (excludes halogenated alkanes) is 1. The average Bonchev–Trinajstić information content (AvgIpc) is 2.15. The van der Waals surface area contributed by atoms with Gasteiger partial charge in [0.05, 0.1) is 0 Å². The maximum absolute atomic E-state index is 5.77. The molecular formula is C11H12ClI. The van der Waals surface area contributed by atoms with Crippen LogP contribution in [0.3, 0.4) is 0 Å². The molecule has 0 saturated heterocycles. The van der Waals surface area contributed by atoms with E-state index in [1.807, 2.05) is 24.3 Å². The normalized spacial score (nSPS) is 10.9. The molecule has 0 fully saturated rings. The van der Waals surface area contributed by atoms with E-state index in [2.05, 4.69) is 34.7 Å². The van der Waals surface area contributed by atoms with Crippen molar-refractivity contribution in [1.82, 2.24) is 0 Å². The van der Waals surface area contributed by atoms with Gasteiger partial charge in [-0.15, -0.1) is 0 Å². The predicted octanol–water partition coefficient (Wildman–Crippen LogP) is 4.57. The Labute approximate surface area is 98.1 Å². The molecule has 0 heterocycles. The molecule has 1 rings (SSSR count). The number of alkyl halides is 1. The molecule has 2 heteroatoms.